The molecule has 0 aliphatic carbocycles. The number of nitrogens with zero attached hydrogens (tertiary/aromatic N) is 2. The van der Waals surface area contributed by atoms with Crippen LogP contribution in [0.1, 0.15) is 38.7 Å². The Labute approximate surface area is 114 Å². The molecule has 100 valence electrons. The lowest BCUT2D eigenvalue weighted by atomic mass is 10.00. The smallest absolute Gasteiger partial charge is 0.0564 e. The first-order chi connectivity index (χ1) is 9.25. The largest absolute Gasteiger partial charge is 0.361 e. The van der Waals surface area contributed by atoms with E-state index < -0.39 is 0 Å². The Morgan fingerprint density at radius 1 is 1.21 bits per heavy atom. The van der Waals surface area contributed by atoms with Crippen molar-refractivity contribution in [3.05, 3.63) is 36.0 Å². The minimum Gasteiger partial charge on any atom is -0.361 e. The molecule has 2 heterocycles. The first-order valence-corrected chi connectivity index (χ1v) is 7.14. The number of piperidine rings is 1. The Kier molecular flexibility index (Phi) is 3.28. The quantitative estimate of drug-likeness (QED) is 0.814. The van der Waals surface area contributed by atoms with Gasteiger partial charge < -0.3 is 4.98 Å². The van der Waals surface area contributed by atoms with Crippen molar-refractivity contribution in [3.63, 3.8) is 0 Å². The van der Waals surface area contributed by atoms with Gasteiger partial charge in [0.05, 0.1) is 6.21 Å². The minimum absolute atomic E-state index is 0.546. The maximum atomic E-state index is 4.73. The molecule has 0 spiro atoms. The van der Waals surface area contributed by atoms with Crippen molar-refractivity contribution in [2.24, 2.45) is 5.10 Å². The van der Waals surface area contributed by atoms with E-state index in [9.17, 15) is 0 Å². The van der Waals surface area contributed by atoms with Crippen molar-refractivity contribution in [2.45, 2.75) is 45.2 Å². The lowest BCUT2D eigenvalue weighted by Gasteiger charge is -2.36. The van der Waals surface area contributed by atoms with Crippen molar-refractivity contribution >= 4 is 17.1 Å². The van der Waals surface area contributed by atoms with Gasteiger partial charge in [0.25, 0.3) is 0 Å². The summed E-state index contributed by atoms with van der Waals surface area (Å²) in [5.41, 5.74) is 2.34. The average Bonchev–Trinajstić information content (AvgIpc) is 2.82. The van der Waals surface area contributed by atoms with Crippen LogP contribution in [-0.2, 0) is 0 Å². The molecule has 3 rings (SSSR count). The number of aromatic amines is 1. The summed E-state index contributed by atoms with van der Waals surface area (Å²) in [6.07, 6.45) is 7.84. The summed E-state index contributed by atoms with van der Waals surface area (Å²) < 4.78 is 0. The van der Waals surface area contributed by atoms with Gasteiger partial charge in [0.15, 0.2) is 0 Å². The minimum atomic E-state index is 0.546. The number of benzene rings is 1. The molecule has 1 aliphatic rings. The molecular formula is C16H21N3. The molecule has 3 heteroatoms. The molecule has 1 aromatic heterocycles. The van der Waals surface area contributed by atoms with E-state index in [1.807, 2.05) is 12.4 Å². The van der Waals surface area contributed by atoms with Crippen LogP contribution in [0.2, 0.25) is 0 Å². The van der Waals surface area contributed by atoms with Gasteiger partial charge in [-0.15, -0.1) is 0 Å². The lowest BCUT2D eigenvalue weighted by molar-refractivity contribution is 0.109. The molecule has 1 saturated heterocycles. The van der Waals surface area contributed by atoms with Gasteiger partial charge in [-0.25, -0.2) is 0 Å². The maximum absolute atomic E-state index is 4.73. The van der Waals surface area contributed by atoms with Crippen LogP contribution < -0.4 is 0 Å². The van der Waals surface area contributed by atoms with Crippen LogP contribution in [0.3, 0.4) is 0 Å². The van der Waals surface area contributed by atoms with Crippen LogP contribution in [0.4, 0.5) is 0 Å². The van der Waals surface area contributed by atoms with E-state index in [4.69, 9.17) is 5.10 Å². The third-order valence-corrected chi connectivity index (χ3v) is 4.10. The molecule has 1 aliphatic heterocycles. The highest BCUT2D eigenvalue weighted by Gasteiger charge is 2.22. The monoisotopic (exact) mass is 255 g/mol. The van der Waals surface area contributed by atoms with Gasteiger partial charge in [0, 0.05) is 34.7 Å². The number of fused-ring (bicyclic) bond motifs is 1. The summed E-state index contributed by atoms with van der Waals surface area (Å²) in [4.78, 5) is 3.29. The predicted molar refractivity (Wildman–Crippen MR) is 80.5 cm³/mol. The fraction of sp³-hybridized carbons (Fsp3) is 0.438. The van der Waals surface area contributed by atoms with Crippen molar-refractivity contribution in [1.29, 1.82) is 0 Å². The van der Waals surface area contributed by atoms with Crippen molar-refractivity contribution in [3.8, 4) is 0 Å². The lowest BCUT2D eigenvalue weighted by Crippen LogP contribution is -2.39. The maximum Gasteiger partial charge on any atom is 0.0564 e. The van der Waals surface area contributed by atoms with E-state index in [0.29, 0.717) is 12.1 Å². The van der Waals surface area contributed by atoms with E-state index in [1.54, 1.807) is 0 Å². The summed E-state index contributed by atoms with van der Waals surface area (Å²) in [6.45, 7) is 4.53. The van der Waals surface area contributed by atoms with Gasteiger partial charge in [-0.05, 0) is 39.2 Å². The van der Waals surface area contributed by atoms with Crippen LogP contribution in [0.5, 0.6) is 0 Å². The zero-order valence-corrected chi connectivity index (χ0v) is 11.6. The number of nitrogens with one attached hydrogen (secondary N) is 1. The van der Waals surface area contributed by atoms with Crippen LogP contribution in [-0.4, -0.2) is 28.3 Å². The van der Waals surface area contributed by atoms with Crippen LogP contribution >= 0.6 is 0 Å². The molecule has 2 atom stereocenters. The number of hydrogen-bond donors (Lipinski definition) is 1. The van der Waals surface area contributed by atoms with Gasteiger partial charge in [-0.2, -0.15) is 5.10 Å². The van der Waals surface area contributed by atoms with Crippen molar-refractivity contribution in [1.82, 2.24) is 9.99 Å². The fourth-order valence-corrected chi connectivity index (χ4v) is 2.96. The zero-order chi connectivity index (χ0) is 13.2. The topological polar surface area (TPSA) is 31.4 Å². The van der Waals surface area contributed by atoms with Crippen LogP contribution in [0, 0.1) is 0 Å². The Morgan fingerprint density at radius 3 is 2.74 bits per heavy atom. The van der Waals surface area contributed by atoms with Crippen molar-refractivity contribution < 1.29 is 0 Å². The Hall–Kier alpha value is -1.77. The SMILES string of the molecule is C[C@@H]1CCC[C@@H](C)N1/N=C/c1c[nH]c2ccccc12. The molecule has 1 fully saturated rings. The predicted octanol–water partition coefficient (Wildman–Crippen LogP) is 3.76. The third kappa shape index (κ3) is 2.37. The van der Waals surface area contributed by atoms with E-state index in [-0.39, 0.29) is 0 Å². The standard InChI is InChI=1S/C16H21N3/c1-12-6-5-7-13(2)19(12)18-11-14-10-17-16-9-4-3-8-15(14)16/h3-4,8-13,17H,5-7H2,1-2H3/b18-11+/t12-,13-/m1/s1. The van der Waals surface area contributed by atoms with E-state index in [2.05, 4.69) is 48.1 Å². The summed E-state index contributed by atoms with van der Waals surface area (Å²) in [6, 6.07) is 9.44. The molecule has 19 heavy (non-hydrogen) atoms. The Morgan fingerprint density at radius 2 is 1.95 bits per heavy atom. The van der Waals surface area contributed by atoms with E-state index in [0.717, 1.165) is 0 Å². The normalized spacial score (nSPS) is 24.4. The molecule has 1 aromatic carbocycles. The van der Waals surface area contributed by atoms with Gasteiger partial charge in [-0.1, -0.05) is 18.2 Å². The molecule has 0 unspecified atom stereocenters. The molecule has 2 aromatic rings. The highest BCUT2D eigenvalue weighted by molar-refractivity contribution is 5.98. The van der Waals surface area contributed by atoms with Gasteiger partial charge in [-0.3, -0.25) is 5.01 Å². The molecule has 0 amide bonds. The van der Waals surface area contributed by atoms with E-state index >= 15 is 0 Å². The summed E-state index contributed by atoms with van der Waals surface area (Å²) in [5.74, 6) is 0. The average molecular weight is 255 g/mol. The number of aromatic nitrogens is 1. The second-order valence-corrected chi connectivity index (χ2v) is 5.54. The first kappa shape index (κ1) is 12.3. The second-order valence-electron chi connectivity index (χ2n) is 5.54. The second kappa shape index (κ2) is 5.08. The molecule has 0 bridgehead atoms. The van der Waals surface area contributed by atoms with Crippen LogP contribution in [0.25, 0.3) is 10.9 Å². The van der Waals surface area contributed by atoms with Gasteiger partial charge in [0.1, 0.15) is 0 Å². The van der Waals surface area contributed by atoms with Crippen molar-refractivity contribution in [2.75, 3.05) is 0 Å². The molecule has 0 saturated carbocycles. The number of rotatable bonds is 2. The molecule has 1 N–H and O–H groups in total. The highest BCUT2D eigenvalue weighted by atomic mass is 15.5. The first-order valence-electron chi connectivity index (χ1n) is 7.14. The molecule has 3 nitrogen and oxygen atoms in total. The molecule has 0 radical (unpaired) electrons. The number of hydrogen-bond acceptors (Lipinski definition) is 2. The molecular weight excluding hydrogens is 234 g/mol. The number of hydrazone groups is 1. The number of H-pyrrole nitrogens is 1. The number of para-hydroxylation sites is 1. The van der Waals surface area contributed by atoms with E-state index in [1.165, 1.54) is 35.7 Å². The zero-order valence-electron chi connectivity index (χ0n) is 11.6. The summed E-state index contributed by atoms with van der Waals surface area (Å²) in [5, 5.41) is 8.22. The Balaban J connectivity index is 1.85. The van der Waals surface area contributed by atoms with Gasteiger partial charge >= 0.3 is 0 Å². The summed E-state index contributed by atoms with van der Waals surface area (Å²) in [7, 11) is 0. The summed E-state index contributed by atoms with van der Waals surface area (Å²) >= 11 is 0. The Bertz CT molecular complexity index is 574. The third-order valence-electron chi connectivity index (χ3n) is 4.10. The van der Waals surface area contributed by atoms with Gasteiger partial charge in [0.2, 0.25) is 0 Å². The van der Waals surface area contributed by atoms with Crippen LogP contribution in [0.15, 0.2) is 35.6 Å². The fourth-order valence-electron chi connectivity index (χ4n) is 2.96. The highest BCUT2D eigenvalue weighted by Crippen LogP contribution is 2.23.